The number of hydrogen-bond acceptors (Lipinski definition) is 6. The second-order valence-corrected chi connectivity index (χ2v) is 7.70. The molecule has 1 N–H and O–H groups in total. The Bertz CT molecular complexity index is 1290. The first-order valence-corrected chi connectivity index (χ1v) is 9.86. The van der Waals surface area contributed by atoms with Crippen molar-refractivity contribution in [2.75, 3.05) is 18.5 Å². The SMILES string of the molecule is Fc1ccc2c3c1CNc1c(cc(-c4ccc(Cl)cn4)c4nncn14)OC[C@@H]3CO2. The zero-order valence-electron chi connectivity index (χ0n) is 15.6. The Morgan fingerprint density at radius 3 is 2.83 bits per heavy atom. The molecule has 3 aromatic heterocycles. The lowest BCUT2D eigenvalue weighted by atomic mass is 9.96. The number of nitrogens with zero attached hydrogens (tertiary/aromatic N) is 4. The Hall–Kier alpha value is -3.39. The molecule has 0 fully saturated rings. The molecule has 0 saturated heterocycles. The number of hydrogen-bond donors (Lipinski definition) is 1. The van der Waals surface area contributed by atoms with Gasteiger partial charge in [0.05, 0.1) is 29.8 Å². The van der Waals surface area contributed by atoms with E-state index >= 15 is 0 Å². The Balaban J connectivity index is 1.51. The lowest BCUT2D eigenvalue weighted by Crippen LogP contribution is -2.13. The van der Waals surface area contributed by atoms with Crippen molar-refractivity contribution in [2.24, 2.45) is 0 Å². The number of rotatable bonds is 1. The molecule has 0 unspecified atom stereocenters. The number of anilines is 1. The van der Waals surface area contributed by atoms with Crippen molar-refractivity contribution in [3.63, 3.8) is 0 Å². The van der Waals surface area contributed by atoms with E-state index in [9.17, 15) is 4.39 Å². The molecular weight excluding hydrogens is 409 g/mol. The topological polar surface area (TPSA) is 73.6 Å². The summed E-state index contributed by atoms with van der Waals surface area (Å²) in [7, 11) is 0. The molecule has 30 heavy (non-hydrogen) atoms. The highest BCUT2D eigenvalue weighted by Gasteiger charge is 2.31. The summed E-state index contributed by atoms with van der Waals surface area (Å²) in [6.07, 6.45) is 3.18. The molecule has 0 bridgehead atoms. The third-order valence-electron chi connectivity index (χ3n) is 5.52. The number of pyridine rings is 2. The van der Waals surface area contributed by atoms with Crippen LogP contribution in [0.5, 0.6) is 11.5 Å². The van der Waals surface area contributed by atoms with E-state index in [1.54, 1.807) is 29.1 Å². The fourth-order valence-corrected chi connectivity index (χ4v) is 4.22. The summed E-state index contributed by atoms with van der Waals surface area (Å²) in [6.45, 7) is 1.11. The molecule has 5 heterocycles. The molecule has 2 aliphatic rings. The van der Waals surface area contributed by atoms with Crippen molar-refractivity contribution in [3.05, 3.63) is 64.8 Å². The predicted octanol–water partition coefficient (Wildman–Crippen LogP) is 4.06. The van der Waals surface area contributed by atoms with Crippen LogP contribution in [0.1, 0.15) is 17.0 Å². The van der Waals surface area contributed by atoms with E-state index in [0.29, 0.717) is 52.5 Å². The van der Waals surface area contributed by atoms with Crippen LogP contribution in [0.4, 0.5) is 10.2 Å². The molecule has 150 valence electrons. The highest BCUT2D eigenvalue weighted by atomic mass is 35.5. The smallest absolute Gasteiger partial charge is 0.171 e. The van der Waals surface area contributed by atoms with E-state index < -0.39 is 0 Å². The van der Waals surface area contributed by atoms with Crippen LogP contribution in [0.3, 0.4) is 0 Å². The van der Waals surface area contributed by atoms with Gasteiger partial charge in [0.25, 0.3) is 0 Å². The Kier molecular flexibility index (Phi) is 3.82. The summed E-state index contributed by atoms with van der Waals surface area (Å²) < 4.78 is 28.4. The Morgan fingerprint density at radius 1 is 1.13 bits per heavy atom. The summed E-state index contributed by atoms with van der Waals surface area (Å²) in [6, 6.07) is 8.60. The van der Waals surface area contributed by atoms with Gasteiger partial charge in [0.2, 0.25) is 0 Å². The maximum atomic E-state index is 14.7. The largest absolute Gasteiger partial charge is 0.493 e. The van der Waals surface area contributed by atoms with E-state index in [2.05, 4.69) is 20.5 Å². The lowest BCUT2D eigenvalue weighted by molar-refractivity contribution is 0.249. The third-order valence-corrected chi connectivity index (χ3v) is 5.75. The molecule has 6 rings (SSSR count). The van der Waals surface area contributed by atoms with E-state index in [1.807, 2.05) is 12.1 Å². The van der Waals surface area contributed by atoms with Crippen LogP contribution in [0, 0.1) is 5.82 Å². The molecule has 9 heteroatoms. The molecule has 1 aromatic carbocycles. The molecule has 2 aliphatic heterocycles. The van der Waals surface area contributed by atoms with Crippen molar-refractivity contribution in [1.29, 1.82) is 0 Å². The predicted molar refractivity (Wildman–Crippen MR) is 109 cm³/mol. The van der Waals surface area contributed by atoms with E-state index in [0.717, 1.165) is 11.1 Å². The standard InChI is InChI=1S/C21H15ClFN5O2/c22-12-1-3-16(24-6-12)13-5-18-21(28-10-26-27-20(13)28)25-7-14-15(23)2-4-17-19(14)11(8-29-17)9-30-18/h1-6,10-11,25H,7-9H2/t11-/m0/s1. The number of nitrogens with one attached hydrogen (secondary N) is 1. The second-order valence-electron chi connectivity index (χ2n) is 7.27. The van der Waals surface area contributed by atoms with Gasteiger partial charge in [0.1, 0.15) is 17.9 Å². The minimum absolute atomic E-state index is 0.0489. The van der Waals surface area contributed by atoms with Gasteiger partial charge in [-0.1, -0.05) is 11.6 Å². The van der Waals surface area contributed by atoms with Gasteiger partial charge in [-0.2, -0.15) is 0 Å². The highest BCUT2D eigenvalue weighted by molar-refractivity contribution is 6.30. The summed E-state index contributed by atoms with van der Waals surface area (Å²) in [4.78, 5) is 4.41. The van der Waals surface area contributed by atoms with E-state index in [-0.39, 0.29) is 18.3 Å². The van der Waals surface area contributed by atoms with Crippen LogP contribution in [0.2, 0.25) is 5.02 Å². The third kappa shape index (κ3) is 2.60. The van der Waals surface area contributed by atoms with Gasteiger partial charge >= 0.3 is 0 Å². The normalized spacial score (nSPS) is 17.1. The quantitative estimate of drug-likeness (QED) is 0.497. The molecule has 0 aliphatic carbocycles. The second kappa shape index (κ2) is 6.56. The van der Waals surface area contributed by atoms with Crippen molar-refractivity contribution < 1.29 is 13.9 Å². The van der Waals surface area contributed by atoms with Crippen LogP contribution in [-0.4, -0.2) is 32.8 Å². The van der Waals surface area contributed by atoms with Crippen LogP contribution in [-0.2, 0) is 6.54 Å². The van der Waals surface area contributed by atoms with Crippen LogP contribution < -0.4 is 14.8 Å². The van der Waals surface area contributed by atoms with Gasteiger partial charge in [0, 0.05) is 29.4 Å². The minimum atomic E-state index is -0.262. The van der Waals surface area contributed by atoms with Crippen molar-refractivity contribution in [2.45, 2.75) is 12.5 Å². The fourth-order valence-electron chi connectivity index (χ4n) is 4.11. The van der Waals surface area contributed by atoms with Crippen LogP contribution in [0.25, 0.3) is 16.9 Å². The van der Waals surface area contributed by atoms with Crippen molar-refractivity contribution in [1.82, 2.24) is 19.6 Å². The van der Waals surface area contributed by atoms with Gasteiger partial charge in [-0.3, -0.25) is 9.38 Å². The molecular formula is C21H15ClFN5O2. The average molecular weight is 424 g/mol. The first-order valence-electron chi connectivity index (χ1n) is 9.48. The number of fused-ring (bicyclic) bond motifs is 3. The number of aromatic nitrogens is 4. The molecule has 0 spiro atoms. The average Bonchev–Trinajstić information content (AvgIpc) is 3.40. The Morgan fingerprint density at radius 2 is 2.00 bits per heavy atom. The summed E-state index contributed by atoms with van der Waals surface area (Å²) in [5, 5.41) is 12.2. The molecule has 1 atom stereocenters. The van der Waals surface area contributed by atoms with Gasteiger partial charge < -0.3 is 14.8 Å². The zero-order valence-corrected chi connectivity index (χ0v) is 16.4. The van der Waals surface area contributed by atoms with Gasteiger partial charge in [-0.15, -0.1) is 10.2 Å². The molecule has 0 amide bonds. The maximum Gasteiger partial charge on any atom is 0.171 e. The van der Waals surface area contributed by atoms with Crippen molar-refractivity contribution in [3.8, 4) is 22.8 Å². The van der Waals surface area contributed by atoms with Gasteiger partial charge in [-0.25, -0.2) is 4.39 Å². The monoisotopic (exact) mass is 423 g/mol. The molecule has 0 saturated carbocycles. The van der Waals surface area contributed by atoms with Gasteiger partial charge in [-0.05, 0) is 30.3 Å². The first-order chi connectivity index (χ1) is 14.7. The zero-order chi connectivity index (χ0) is 20.2. The Labute approximate surface area is 175 Å². The summed E-state index contributed by atoms with van der Waals surface area (Å²) >= 11 is 5.99. The van der Waals surface area contributed by atoms with Crippen LogP contribution >= 0.6 is 11.6 Å². The van der Waals surface area contributed by atoms with Gasteiger partial charge in [0.15, 0.2) is 17.2 Å². The first kappa shape index (κ1) is 17.5. The number of benzene rings is 1. The molecule has 7 nitrogen and oxygen atoms in total. The van der Waals surface area contributed by atoms with E-state index in [4.69, 9.17) is 21.1 Å². The summed E-state index contributed by atoms with van der Waals surface area (Å²) in [5.74, 6) is 1.67. The molecule has 4 aromatic rings. The lowest BCUT2D eigenvalue weighted by Gasteiger charge is -2.16. The van der Waals surface area contributed by atoms with E-state index in [1.165, 1.54) is 6.07 Å². The summed E-state index contributed by atoms with van der Waals surface area (Å²) in [5.41, 5.74) is 3.53. The van der Waals surface area contributed by atoms with Crippen molar-refractivity contribution >= 4 is 23.1 Å². The molecule has 0 radical (unpaired) electrons. The number of halogens is 2. The fraction of sp³-hybridized carbons (Fsp3) is 0.190. The minimum Gasteiger partial charge on any atom is -0.493 e. The maximum absolute atomic E-state index is 14.7. The van der Waals surface area contributed by atoms with Crippen LogP contribution in [0.15, 0.2) is 42.9 Å². The highest BCUT2D eigenvalue weighted by Crippen LogP contribution is 2.41. The number of ether oxygens (including phenoxy) is 2.